The van der Waals surface area contributed by atoms with Gasteiger partial charge in [0.15, 0.2) is 0 Å². The van der Waals surface area contributed by atoms with Gasteiger partial charge in [-0.1, -0.05) is 6.08 Å². The molecule has 0 spiro atoms. The Morgan fingerprint density at radius 3 is 2.80 bits per heavy atom. The highest BCUT2D eigenvalue weighted by atomic mass is 16.1. The average Bonchev–Trinajstić information content (AvgIpc) is 2.20. The van der Waals surface area contributed by atoms with Crippen molar-refractivity contribution in [1.82, 2.24) is 0 Å². The van der Waals surface area contributed by atoms with Crippen molar-refractivity contribution >= 4 is 17.3 Å². The number of carbonyl (C=O) groups excluding carboxylic acids is 1. The minimum Gasteiger partial charge on any atom is -0.397 e. The third kappa shape index (κ3) is 2.74. The molecule has 15 heavy (non-hydrogen) atoms. The normalized spacial score (nSPS) is 11.8. The monoisotopic (exact) mass is 205 g/mol. The van der Waals surface area contributed by atoms with Gasteiger partial charge in [-0.2, -0.15) is 0 Å². The second-order valence-corrected chi connectivity index (χ2v) is 3.33. The van der Waals surface area contributed by atoms with Crippen LogP contribution in [-0.2, 0) is 0 Å². The largest absolute Gasteiger partial charge is 0.397 e. The highest BCUT2D eigenvalue weighted by molar-refractivity contribution is 5.94. The molecule has 0 fully saturated rings. The summed E-state index contributed by atoms with van der Waals surface area (Å²) in [4.78, 5) is 11.0. The molecule has 0 heterocycles. The number of nitrogen functional groups attached to an aromatic ring is 1. The molecule has 80 valence electrons. The number of hydrogen-bond donors (Lipinski definition) is 3. The maximum absolute atomic E-state index is 11.0. The van der Waals surface area contributed by atoms with Crippen LogP contribution in [0.5, 0.6) is 0 Å². The summed E-state index contributed by atoms with van der Waals surface area (Å²) in [5.74, 6) is -0.468. The highest BCUT2D eigenvalue weighted by Gasteiger charge is 2.06. The second kappa shape index (κ2) is 4.50. The lowest BCUT2D eigenvalue weighted by atomic mass is 10.1. The minimum atomic E-state index is -0.468. The summed E-state index contributed by atoms with van der Waals surface area (Å²) in [6.07, 6.45) is 1.75. The van der Waals surface area contributed by atoms with Crippen molar-refractivity contribution in [3.05, 3.63) is 36.4 Å². The van der Waals surface area contributed by atoms with Crippen LogP contribution in [0, 0.1) is 0 Å². The third-order valence-corrected chi connectivity index (χ3v) is 2.07. The molecule has 1 aromatic carbocycles. The molecule has 1 amide bonds. The SMILES string of the molecule is C=CC(C)Nc1cc(C(N)=O)ccc1N. The Morgan fingerprint density at radius 2 is 2.27 bits per heavy atom. The summed E-state index contributed by atoms with van der Waals surface area (Å²) >= 11 is 0. The van der Waals surface area contributed by atoms with Crippen molar-refractivity contribution in [3.63, 3.8) is 0 Å². The molecule has 0 radical (unpaired) electrons. The van der Waals surface area contributed by atoms with Gasteiger partial charge in [-0.15, -0.1) is 6.58 Å². The molecule has 5 N–H and O–H groups in total. The predicted octanol–water partition coefficient (Wildman–Crippen LogP) is 1.35. The summed E-state index contributed by atoms with van der Waals surface area (Å²) < 4.78 is 0. The van der Waals surface area contributed by atoms with Crippen molar-refractivity contribution in [2.24, 2.45) is 5.73 Å². The van der Waals surface area contributed by atoms with Crippen LogP contribution in [0.2, 0.25) is 0 Å². The van der Waals surface area contributed by atoms with Gasteiger partial charge in [-0.05, 0) is 25.1 Å². The zero-order valence-corrected chi connectivity index (χ0v) is 8.66. The average molecular weight is 205 g/mol. The Bertz CT molecular complexity index is 387. The van der Waals surface area contributed by atoms with E-state index in [4.69, 9.17) is 11.5 Å². The third-order valence-electron chi connectivity index (χ3n) is 2.07. The number of benzene rings is 1. The van der Waals surface area contributed by atoms with Gasteiger partial charge in [-0.3, -0.25) is 4.79 Å². The van der Waals surface area contributed by atoms with Crippen molar-refractivity contribution in [2.45, 2.75) is 13.0 Å². The summed E-state index contributed by atoms with van der Waals surface area (Å²) in [6.45, 7) is 5.58. The Labute approximate surface area is 89.0 Å². The standard InChI is InChI=1S/C11H15N3O/c1-3-7(2)14-10-6-8(11(13)15)4-5-9(10)12/h3-7,14H,1,12H2,2H3,(H2,13,15). The van der Waals surface area contributed by atoms with Crippen molar-refractivity contribution in [3.8, 4) is 0 Å². The lowest BCUT2D eigenvalue weighted by Gasteiger charge is -2.13. The van der Waals surface area contributed by atoms with E-state index in [1.54, 1.807) is 24.3 Å². The fourth-order valence-electron chi connectivity index (χ4n) is 1.14. The van der Waals surface area contributed by atoms with Crippen LogP contribution in [0.3, 0.4) is 0 Å². The first kappa shape index (κ1) is 11.1. The molecule has 0 aliphatic carbocycles. The van der Waals surface area contributed by atoms with Gasteiger partial charge >= 0.3 is 0 Å². The van der Waals surface area contributed by atoms with Crippen LogP contribution < -0.4 is 16.8 Å². The molecule has 0 aliphatic rings. The first-order valence-corrected chi connectivity index (χ1v) is 4.63. The number of nitrogens with one attached hydrogen (secondary N) is 1. The molecular formula is C11H15N3O. The molecule has 1 unspecified atom stereocenters. The van der Waals surface area contributed by atoms with Crippen molar-refractivity contribution in [2.75, 3.05) is 11.1 Å². The minimum absolute atomic E-state index is 0.0791. The number of hydrogen-bond acceptors (Lipinski definition) is 3. The van der Waals surface area contributed by atoms with E-state index in [1.807, 2.05) is 6.92 Å². The molecular weight excluding hydrogens is 190 g/mol. The molecule has 0 saturated heterocycles. The Kier molecular flexibility index (Phi) is 3.33. The number of anilines is 2. The molecule has 0 saturated carbocycles. The van der Waals surface area contributed by atoms with Gasteiger partial charge in [0.1, 0.15) is 0 Å². The number of primary amides is 1. The number of amides is 1. The van der Waals surface area contributed by atoms with E-state index < -0.39 is 5.91 Å². The topological polar surface area (TPSA) is 81.1 Å². The molecule has 0 aromatic heterocycles. The molecule has 1 aromatic rings. The zero-order valence-electron chi connectivity index (χ0n) is 8.66. The molecule has 0 aliphatic heterocycles. The van der Waals surface area contributed by atoms with Crippen molar-refractivity contribution in [1.29, 1.82) is 0 Å². The van der Waals surface area contributed by atoms with E-state index in [2.05, 4.69) is 11.9 Å². The Morgan fingerprint density at radius 1 is 1.60 bits per heavy atom. The maximum Gasteiger partial charge on any atom is 0.248 e. The fourth-order valence-corrected chi connectivity index (χ4v) is 1.14. The highest BCUT2D eigenvalue weighted by Crippen LogP contribution is 2.20. The zero-order chi connectivity index (χ0) is 11.4. The lowest BCUT2D eigenvalue weighted by Crippen LogP contribution is -2.15. The fraction of sp³-hybridized carbons (Fsp3) is 0.182. The van der Waals surface area contributed by atoms with E-state index in [-0.39, 0.29) is 6.04 Å². The Balaban J connectivity index is 3.00. The van der Waals surface area contributed by atoms with Crippen LogP contribution >= 0.6 is 0 Å². The summed E-state index contributed by atoms with van der Waals surface area (Å²) in [7, 11) is 0. The summed E-state index contributed by atoms with van der Waals surface area (Å²) in [5, 5.41) is 3.10. The molecule has 1 rings (SSSR count). The molecule has 1 atom stereocenters. The van der Waals surface area contributed by atoms with Gasteiger partial charge in [0.2, 0.25) is 5.91 Å². The van der Waals surface area contributed by atoms with E-state index >= 15 is 0 Å². The smallest absolute Gasteiger partial charge is 0.248 e. The number of rotatable bonds is 4. The Hall–Kier alpha value is -1.97. The van der Waals surface area contributed by atoms with Crippen LogP contribution in [-0.4, -0.2) is 11.9 Å². The summed E-state index contributed by atoms with van der Waals surface area (Å²) in [5.41, 5.74) is 12.6. The molecule has 4 nitrogen and oxygen atoms in total. The van der Waals surface area contributed by atoms with Gasteiger partial charge in [0, 0.05) is 11.6 Å². The van der Waals surface area contributed by atoms with Crippen LogP contribution in [0.25, 0.3) is 0 Å². The number of nitrogens with two attached hydrogens (primary N) is 2. The first-order valence-electron chi connectivity index (χ1n) is 4.63. The van der Waals surface area contributed by atoms with Gasteiger partial charge in [0.05, 0.1) is 11.4 Å². The summed E-state index contributed by atoms with van der Waals surface area (Å²) in [6, 6.07) is 4.97. The van der Waals surface area contributed by atoms with E-state index in [1.165, 1.54) is 0 Å². The van der Waals surface area contributed by atoms with Crippen LogP contribution in [0.15, 0.2) is 30.9 Å². The molecule has 4 heteroatoms. The van der Waals surface area contributed by atoms with Gasteiger partial charge < -0.3 is 16.8 Å². The van der Waals surface area contributed by atoms with E-state index in [0.717, 1.165) is 0 Å². The lowest BCUT2D eigenvalue weighted by molar-refractivity contribution is 0.100. The van der Waals surface area contributed by atoms with E-state index in [0.29, 0.717) is 16.9 Å². The quantitative estimate of drug-likeness (QED) is 0.512. The molecule has 0 bridgehead atoms. The van der Waals surface area contributed by atoms with E-state index in [9.17, 15) is 4.79 Å². The number of carbonyl (C=O) groups is 1. The maximum atomic E-state index is 11.0. The van der Waals surface area contributed by atoms with Gasteiger partial charge in [-0.25, -0.2) is 0 Å². The van der Waals surface area contributed by atoms with Gasteiger partial charge in [0.25, 0.3) is 0 Å². The van der Waals surface area contributed by atoms with Crippen LogP contribution in [0.4, 0.5) is 11.4 Å². The van der Waals surface area contributed by atoms with Crippen molar-refractivity contribution < 1.29 is 4.79 Å². The predicted molar refractivity (Wildman–Crippen MR) is 62.7 cm³/mol. The first-order chi connectivity index (χ1) is 7.04. The van der Waals surface area contributed by atoms with Crippen LogP contribution in [0.1, 0.15) is 17.3 Å². The second-order valence-electron chi connectivity index (χ2n) is 3.33.